The van der Waals surface area contributed by atoms with Gasteiger partial charge in [0.05, 0.1) is 18.5 Å². The molecule has 1 aromatic carbocycles. The minimum Gasteiger partial charge on any atom is -0.345 e. The highest BCUT2D eigenvalue weighted by molar-refractivity contribution is 6.28. The molecule has 1 aromatic heterocycles. The zero-order chi connectivity index (χ0) is 24.7. The Hall–Kier alpha value is -1.98. The lowest BCUT2D eigenvalue weighted by atomic mass is 9.64. The number of likely N-dealkylation sites (tertiary alicyclic amines) is 1. The van der Waals surface area contributed by atoms with Crippen LogP contribution in [0.4, 0.5) is 4.39 Å². The number of benzene rings is 1. The van der Waals surface area contributed by atoms with Crippen molar-refractivity contribution in [2.24, 2.45) is 11.8 Å². The minimum atomic E-state index is -0.673. The van der Waals surface area contributed by atoms with Crippen LogP contribution in [0.25, 0.3) is 0 Å². The van der Waals surface area contributed by atoms with Crippen LogP contribution in [0, 0.1) is 11.8 Å². The summed E-state index contributed by atoms with van der Waals surface area (Å²) in [4.78, 5) is 20.2. The Morgan fingerprint density at radius 1 is 1.08 bits per heavy atom. The molecule has 4 atom stereocenters. The number of fused-ring (bicyclic) bond motifs is 2. The van der Waals surface area contributed by atoms with Crippen LogP contribution in [0.15, 0.2) is 42.5 Å². The maximum absolute atomic E-state index is 14.5. The van der Waals surface area contributed by atoms with Gasteiger partial charge in [-0.3, -0.25) is 4.79 Å². The molecule has 1 spiro atoms. The topological polar surface area (TPSA) is 51.1 Å². The average Bonchev–Trinajstić information content (AvgIpc) is 3.32. The number of carbonyl (C=O) groups is 1. The van der Waals surface area contributed by atoms with Gasteiger partial charge in [0.2, 0.25) is 5.91 Å². The Morgan fingerprint density at radius 2 is 1.89 bits per heavy atom. The van der Waals surface area contributed by atoms with Crippen LogP contribution in [0.1, 0.15) is 74.1 Å². The number of nitrogens with zero attached hydrogens (tertiary/aromatic N) is 1. The van der Waals surface area contributed by atoms with Gasteiger partial charge in [0.1, 0.15) is 12.1 Å². The van der Waals surface area contributed by atoms with E-state index in [9.17, 15) is 9.18 Å². The number of aromatic amines is 1. The lowest BCUT2D eigenvalue weighted by Crippen LogP contribution is -2.82. The summed E-state index contributed by atoms with van der Waals surface area (Å²) in [6, 6.07) is 15.1. The fraction of sp³-hybridized carbons (Fsp3) is 0.600. The third kappa shape index (κ3) is 4.36. The molecule has 1 saturated carbocycles. The maximum atomic E-state index is 14.5. The van der Waals surface area contributed by atoms with Crippen LogP contribution in [0.3, 0.4) is 0 Å². The first kappa shape index (κ1) is 24.4. The Kier molecular flexibility index (Phi) is 6.81. The molecule has 6 heteroatoms. The molecule has 3 heterocycles. The van der Waals surface area contributed by atoms with Crippen molar-refractivity contribution in [1.29, 1.82) is 0 Å². The summed E-state index contributed by atoms with van der Waals surface area (Å²) in [7, 11) is 0. The van der Waals surface area contributed by atoms with Crippen LogP contribution in [0.2, 0.25) is 5.15 Å². The molecule has 6 rings (SSSR count). The summed E-state index contributed by atoms with van der Waals surface area (Å²) in [6.07, 6.45) is 7.56. The molecule has 0 radical (unpaired) electrons. The van der Waals surface area contributed by atoms with E-state index in [1.54, 1.807) is 0 Å². The minimum absolute atomic E-state index is 0.0144. The predicted octanol–water partition coefficient (Wildman–Crippen LogP) is 4.22. The molecule has 0 bridgehead atoms. The average molecular weight is 512 g/mol. The number of aromatic nitrogens is 1. The summed E-state index contributed by atoms with van der Waals surface area (Å²) in [5.74, 6) is 1.20. The molecular formula is C30H39ClFN3O+2. The third-order valence-corrected chi connectivity index (χ3v) is 10.1. The van der Waals surface area contributed by atoms with Gasteiger partial charge in [-0.2, -0.15) is 4.98 Å². The van der Waals surface area contributed by atoms with Crippen molar-refractivity contribution in [3.05, 3.63) is 64.4 Å². The number of carbonyl (C=O) groups excluding carboxylic acids is 1. The molecule has 2 aliphatic carbocycles. The zero-order valence-corrected chi connectivity index (χ0v) is 21.9. The van der Waals surface area contributed by atoms with Crippen molar-refractivity contribution in [3.8, 4) is 0 Å². The lowest BCUT2D eigenvalue weighted by Gasteiger charge is -2.47. The monoisotopic (exact) mass is 511 g/mol. The van der Waals surface area contributed by atoms with E-state index in [2.05, 4.69) is 51.6 Å². The molecule has 4 nitrogen and oxygen atoms in total. The molecule has 36 heavy (non-hydrogen) atoms. The molecule has 4 aliphatic rings. The number of aryl methyl sites for hydroxylation is 1. The number of halogens is 2. The van der Waals surface area contributed by atoms with Crippen molar-refractivity contribution in [2.45, 2.75) is 81.3 Å². The van der Waals surface area contributed by atoms with Crippen molar-refractivity contribution >= 4 is 17.5 Å². The molecule has 2 unspecified atom stereocenters. The molecule has 192 valence electrons. The fourth-order valence-electron chi connectivity index (χ4n) is 8.09. The number of piperidine rings is 1. The number of rotatable bonds is 3. The number of hydrogen-bond acceptors (Lipinski definition) is 1. The normalized spacial score (nSPS) is 34.5. The van der Waals surface area contributed by atoms with E-state index < -0.39 is 6.17 Å². The maximum Gasteiger partial charge on any atom is 0.273 e. The van der Waals surface area contributed by atoms with Gasteiger partial charge < -0.3 is 10.2 Å². The Morgan fingerprint density at radius 3 is 2.69 bits per heavy atom. The third-order valence-electron chi connectivity index (χ3n) is 9.90. The highest BCUT2D eigenvalue weighted by atomic mass is 35.5. The van der Waals surface area contributed by atoms with E-state index in [0.717, 1.165) is 64.6 Å². The highest BCUT2D eigenvalue weighted by Crippen LogP contribution is 2.46. The van der Waals surface area contributed by atoms with Gasteiger partial charge in [-0.25, -0.2) is 4.39 Å². The Bertz CT molecular complexity index is 1090. The van der Waals surface area contributed by atoms with Crippen LogP contribution in [-0.2, 0) is 16.6 Å². The Labute approximate surface area is 219 Å². The first-order valence-electron chi connectivity index (χ1n) is 14.1. The SMILES string of the molecule is O=C(C1C[NH2+]C[C@]12CCCc1[nH+]c(Cl)ccc12)N1CC[C@H](c2ccccc2)CC1C1CCC(F)CC1. The highest BCUT2D eigenvalue weighted by Gasteiger charge is 2.56. The molecule has 2 saturated heterocycles. The Balaban J connectivity index is 1.30. The number of H-pyrrole nitrogens is 1. The molecule has 3 N–H and O–H groups in total. The van der Waals surface area contributed by atoms with Crippen molar-refractivity contribution in [2.75, 3.05) is 19.6 Å². The lowest BCUT2D eigenvalue weighted by molar-refractivity contribution is -0.640. The number of amides is 1. The number of hydrogen-bond donors (Lipinski definition) is 1. The standard InChI is InChI=1S/C30H37ClFN3O/c31-28-13-12-24-26(34-28)7-4-15-30(24)19-33-18-25(30)29(36)35-16-14-22(20-5-2-1-3-6-20)17-27(35)21-8-10-23(32)11-9-21/h1-3,5-6,12-13,21-23,25,27,33H,4,7-11,14-19H2/p+2/t21?,22-,23?,25?,27?,30-/m0/s1. The van der Waals surface area contributed by atoms with E-state index in [-0.39, 0.29) is 17.4 Å². The number of quaternary nitrogens is 1. The van der Waals surface area contributed by atoms with Gasteiger partial charge in [-0.1, -0.05) is 30.3 Å². The van der Waals surface area contributed by atoms with Crippen LogP contribution < -0.4 is 10.3 Å². The van der Waals surface area contributed by atoms with Gasteiger partial charge in [0.25, 0.3) is 5.15 Å². The van der Waals surface area contributed by atoms with Gasteiger partial charge in [-0.15, -0.1) is 0 Å². The van der Waals surface area contributed by atoms with Crippen molar-refractivity contribution in [1.82, 2.24) is 4.90 Å². The summed E-state index contributed by atoms with van der Waals surface area (Å²) < 4.78 is 14.1. The van der Waals surface area contributed by atoms with Crippen LogP contribution >= 0.6 is 11.6 Å². The fourth-order valence-corrected chi connectivity index (χ4v) is 8.26. The molecule has 1 amide bonds. The largest absolute Gasteiger partial charge is 0.345 e. The second-order valence-corrected chi connectivity index (χ2v) is 12.1. The van der Waals surface area contributed by atoms with Gasteiger partial charge >= 0.3 is 0 Å². The van der Waals surface area contributed by atoms with E-state index in [1.807, 2.05) is 6.07 Å². The summed E-state index contributed by atoms with van der Waals surface area (Å²) in [5.41, 5.74) is 3.78. The number of nitrogens with two attached hydrogens (primary N) is 1. The van der Waals surface area contributed by atoms with Gasteiger partial charge in [0, 0.05) is 30.6 Å². The van der Waals surface area contributed by atoms with Crippen molar-refractivity contribution < 1.29 is 19.5 Å². The second kappa shape index (κ2) is 10.1. The number of nitrogens with one attached hydrogen (secondary N) is 1. The van der Waals surface area contributed by atoms with Gasteiger partial charge in [-0.05, 0) is 86.4 Å². The van der Waals surface area contributed by atoms with E-state index in [0.29, 0.717) is 35.7 Å². The van der Waals surface area contributed by atoms with Crippen LogP contribution in [-0.4, -0.2) is 42.7 Å². The number of pyridine rings is 1. The summed E-state index contributed by atoms with van der Waals surface area (Å²) >= 11 is 6.31. The van der Waals surface area contributed by atoms with Crippen molar-refractivity contribution in [3.63, 3.8) is 0 Å². The predicted molar refractivity (Wildman–Crippen MR) is 139 cm³/mol. The molecule has 2 aromatic rings. The zero-order valence-electron chi connectivity index (χ0n) is 21.1. The molecule has 2 aliphatic heterocycles. The van der Waals surface area contributed by atoms with E-state index >= 15 is 0 Å². The van der Waals surface area contributed by atoms with E-state index in [4.69, 9.17) is 11.6 Å². The summed E-state index contributed by atoms with van der Waals surface area (Å²) in [5, 5.41) is 3.02. The second-order valence-electron chi connectivity index (χ2n) is 11.7. The first-order chi connectivity index (χ1) is 17.5. The molecular weight excluding hydrogens is 473 g/mol. The summed E-state index contributed by atoms with van der Waals surface area (Å²) in [6.45, 7) is 2.62. The quantitative estimate of drug-likeness (QED) is 0.616. The molecule has 3 fully saturated rings. The smallest absolute Gasteiger partial charge is 0.273 e. The number of alkyl halides is 1. The van der Waals surface area contributed by atoms with Crippen LogP contribution in [0.5, 0.6) is 0 Å². The first-order valence-corrected chi connectivity index (χ1v) is 14.5. The van der Waals surface area contributed by atoms with Gasteiger partial charge in [0.15, 0.2) is 5.69 Å². The van der Waals surface area contributed by atoms with E-state index in [1.165, 1.54) is 16.8 Å².